The summed E-state index contributed by atoms with van der Waals surface area (Å²) in [6.07, 6.45) is -4.42. The van der Waals surface area contributed by atoms with Crippen molar-refractivity contribution in [3.05, 3.63) is 58.0 Å². The second-order valence-corrected chi connectivity index (χ2v) is 6.47. The van der Waals surface area contributed by atoms with Crippen LogP contribution in [-0.2, 0) is 17.4 Å². The van der Waals surface area contributed by atoms with E-state index in [9.17, 15) is 22.8 Å². The van der Waals surface area contributed by atoms with Gasteiger partial charge in [0.25, 0.3) is 5.56 Å². The third kappa shape index (κ3) is 3.88. The number of aryl methyl sites for hydroxylation is 1. The molecule has 0 spiro atoms. The zero-order valence-corrected chi connectivity index (χ0v) is 13.9. The predicted octanol–water partition coefficient (Wildman–Crippen LogP) is 3.75. The summed E-state index contributed by atoms with van der Waals surface area (Å²) in [7, 11) is 0. The lowest BCUT2D eigenvalue weighted by molar-refractivity contribution is -0.138. The van der Waals surface area contributed by atoms with Gasteiger partial charge in [-0.15, -0.1) is 11.3 Å². The van der Waals surface area contributed by atoms with Crippen molar-refractivity contribution in [2.75, 3.05) is 0 Å². The van der Waals surface area contributed by atoms with Crippen LogP contribution in [-0.4, -0.2) is 21.0 Å². The maximum Gasteiger partial charge on any atom is 0.416 e. The molecule has 5 nitrogen and oxygen atoms in total. The first-order valence-electron chi connectivity index (χ1n) is 7.44. The van der Waals surface area contributed by atoms with Crippen LogP contribution in [0.5, 0.6) is 0 Å². The van der Waals surface area contributed by atoms with Crippen molar-refractivity contribution in [3.8, 4) is 10.7 Å². The number of carboxylic acid groups (broad SMARTS) is 1. The van der Waals surface area contributed by atoms with E-state index < -0.39 is 23.3 Å². The van der Waals surface area contributed by atoms with E-state index in [1.807, 2.05) is 0 Å². The lowest BCUT2D eigenvalue weighted by atomic mass is 10.2. The Morgan fingerprint density at radius 1 is 1.15 bits per heavy atom. The van der Waals surface area contributed by atoms with Gasteiger partial charge in [0.2, 0.25) is 0 Å². The van der Waals surface area contributed by atoms with Gasteiger partial charge in [0.1, 0.15) is 5.01 Å². The molecule has 0 bridgehead atoms. The molecule has 0 aliphatic carbocycles. The van der Waals surface area contributed by atoms with Gasteiger partial charge in [-0.25, -0.2) is 0 Å². The molecule has 134 valence electrons. The highest BCUT2D eigenvalue weighted by Crippen LogP contribution is 2.33. The monoisotopic (exact) mass is 380 g/mol. The van der Waals surface area contributed by atoms with Crippen LogP contribution >= 0.6 is 11.3 Å². The lowest BCUT2D eigenvalue weighted by Gasteiger charge is -2.08. The summed E-state index contributed by atoms with van der Waals surface area (Å²) in [5.74, 6) is -0.967. The average molecular weight is 380 g/mol. The van der Waals surface area contributed by atoms with Crippen LogP contribution < -0.4 is 5.56 Å². The number of aliphatic carboxylic acids is 1. The average Bonchev–Trinajstić information content (AvgIpc) is 2.59. The molecule has 1 aromatic carbocycles. The summed E-state index contributed by atoms with van der Waals surface area (Å²) in [6, 6.07) is 7.72. The molecular formula is C17H11F3N2O3S. The highest BCUT2D eigenvalue weighted by Gasteiger charge is 2.30. The SMILES string of the molecule is O=C(O)CCc1cccc(-c2nc(=O)c3ccc(C(F)(F)F)cc3s2)n1. The van der Waals surface area contributed by atoms with Crippen LogP contribution in [0, 0.1) is 0 Å². The molecule has 26 heavy (non-hydrogen) atoms. The number of carboxylic acids is 1. The van der Waals surface area contributed by atoms with E-state index in [4.69, 9.17) is 5.11 Å². The Labute approximate surface area is 148 Å². The Morgan fingerprint density at radius 3 is 2.62 bits per heavy atom. The summed E-state index contributed by atoms with van der Waals surface area (Å²) in [5.41, 5.74) is -0.675. The van der Waals surface area contributed by atoms with E-state index >= 15 is 0 Å². The van der Waals surface area contributed by atoms with Gasteiger partial charge in [-0.3, -0.25) is 14.6 Å². The molecule has 2 heterocycles. The van der Waals surface area contributed by atoms with Crippen molar-refractivity contribution in [3.63, 3.8) is 0 Å². The third-order valence-corrected chi connectivity index (χ3v) is 4.62. The number of alkyl halides is 3. The van der Waals surface area contributed by atoms with E-state index in [1.165, 1.54) is 0 Å². The number of rotatable bonds is 4. The van der Waals surface area contributed by atoms with Crippen LogP contribution in [0.15, 0.2) is 41.2 Å². The summed E-state index contributed by atoms with van der Waals surface area (Å²) in [5, 5.41) is 9.02. The van der Waals surface area contributed by atoms with Gasteiger partial charge < -0.3 is 5.11 Å². The quantitative estimate of drug-likeness (QED) is 0.746. The van der Waals surface area contributed by atoms with Crippen LogP contribution in [0.4, 0.5) is 13.2 Å². The molecule has 0 atom stereocenters. The number of carbonyl (C=O) groups is 1. The van der Waals surface area contributed by atoms with Crippen molar-refractivity contribution in [2.45, 2.75) is 19.0 Å². The molecule has 0 aliphatic rings. The minimum absolute atomic E-state index is 0.104. The standard InChI is InChI=1S/C17H11F3N2O3S/c18-17(19,20)9-4-6-11-13(8-9)26-16(22-15(11)25)12-3-1-2-10(21-12)5-7-14(23)24/h1-4,6,8H,5,7H2,(H,23,24). The van der Waals surface area contributed by atoms with E-state index in [-0.39, 0.29) is 27.9 Å². The van der Waals surface area contributed by atoms with Crippen LogP contribution in [0.25, 0.3) is 20.8 Å². The summed E-state index contributed by atoms with van der Waals surface area (Å²) in [4.78, 5) is 31.0. The molecule has 0 fully saturated rings. The number of nitrogens with zero attached hydrogens (tertiary/aromatic N) is 2. The van der Waals surface area contributed by atoms with Crippen LogP contribution in [0.2, 0.25) is 0 Å². The minimum atomic E-state index is -4.51. The highest BCUT2D eigenvalue weighted by atomic mass is 32.1. The van der Waals surface area contributed by atoms with Gasteiger partial charge in [-0.2, -0.15) is 18.2 Å². The molecule has 0 saturated heterocycles. The maximum absolute atomic E-state index is 12.9. The summed E-state index contributed by atoms with van der Waals surface area (Å²) >= 11 is 0.928. The van der Waals surface area contributed by atoms with Crippen molar-refractivity contribution in [1.82, 2.24) is 9.97 Å². The Morgan fingerprint density at radius 2 is 1.92 bits per heavy atom. The molecule has 1 N–H and O–H groups in total. The first-order valence-corrected chi connectivity index (χ1v) is 8.26. The molecule has 3 rings (SSSR count). The summed E-state index contributed by atoms with van der Waals surface area (Å²) in [6.45, 7) is 0. The van der Waals surface area contributed by atoms with Crippen molar-refractivity contribution in [2.24, 2.45) is 0 Å². The van der Waals surface area contributed by atoms with Gasteiger partial charge >= 0.3 is 12.1 Å². The summed E-state index contributed by atoms with van der Waals surface area (Å²) < 4.78 is 38.8. The Kier molecular flexibility index (Phi) is 4.73. The second kappa shape index (κ2) is 6.83. The third-order valence-electron chi connectivity index (χ3n) is 3.57. The lowest BCUT2D eigenvalue weighted by Crippen LogP contribution is -2.09. The molecule has 0 amide bonds. The first-order chi connectivity index (χ1) is 12.2. The topological polar surface area (TPSA) is 80.1 Å². The Bertz CT molecular complexity index is 1050. The smallest absolute Gasteiger partial charge is 0.416 e. The molecular weight excluding hydrogens is 369 g/mol. The Balaban J connectivity index is 2.06. The largest absolute Gasteiger partial charge is 0.481 e. The second-order valence-electron chi connectivity index (χ2n) is 5.44. The fraction of sp³-hybridized carbons (Fsp3) is 0.176. The number of aromatic nitrogens is 2. The predicted molar refractivity (Wildman–Crippen MR) is 90.1 cm³/mol. The van der Waals surface area contributed by atoms with Crippen LogP contribution in [0.3, 0.4) is 0 Å². The zero-order chi connectivity index (χ0) is 18.9. The zero-order valence-electron chi connectivity index (χ0n) is 13.1. The van der Waals surface area contributed by atoms with Gasteiger partial charge in [-0.1, -0.05) is 6.07 Å². The first kappa shape index (κ1) is 18.0. The van der Waals surface area contributed by atoms with Crippen molar-refractivity contribution < 1.29 is 23.1 Å². The molecule has 0 radical (unpaired) electrons. The molecule has 0 saturated carbocycles. The number of benzene rings is 1. The molecule has 0 aliphatic heterocycles. The Hall–Kier alpha value is -2.81. The fourth-order valence-electron chi connectivity index (χ4n) is 2.32. The number of pyridine rings is 1. The van der Waals surface area contributed by atoms with Crippen molar-refractivity contribution >= 4 is 27.4 Å². The van der Waals surface area contributed by atoms with Crippen LogP contribution in [0.1, 0.15) is 17.7 Å². The molecule has 9 heteroatoms. The molecule has 2 aromatic heterocycles. The van der Waals surface area contributed by atoms with Crippen molar-refractivity contribution in [1.29, 1.82) is 0 Å². The van der Waals surface area contributed by atoms with Gasteiger partial charge in [0.15, 0.2) is 0 Å². The van der Waals surface area contributed by atoms with E-state index in [1.54, 1.807) is 18.2 Å². The maximum atomic E-state index is 12.9. The number of hydrogen-bond donors (Lipinski definition) is 1. The van der Waals surface area contributed by atoms with E-state index in [2.05, 4.69) is 9.97 Å². The van der Waals surface area contributed by atoms with Gasteiger partial charge in [0, 0.05) is 16.8 Å². The normalized spacial score (nSPS) is 11.7. The van der Waals surface area contributed by atoms with Gasteiger partial charge in [-0.05, 0) is 30.3 Å². The molecule has 3 aromatic rings. The number of halogens is 3. The fourth-order valence-corrected chi connectivity index (χ4v) is 3.33. The van der Waals surface area contributed by atoms with E-state index in [0.29, 0.717) is 11.4 Å². The van der Waals surface area contributed by atoms with E-state index in [0.717, 1.165) is 29.5 Å². The van der Waals surface area contributed by atoms with Gasteiger partial charge in [0.05, 0.1) is 23.1 Å². The molecule has 0 unspecified atom stereocenters. The minimum Gasteiger partial charge on any atom is -0.481 e. The number of fused-ring (bicyclic) bond motifs is 1. The highest BCUT2D eigenvalue weighted by molar-refractivity contribution is 7.21. The number of hydrogen-bond acceptors (Lipinski definition) is 5.